The lowest BCUT2D eigenvalue weighted by Crippen LogP contribution is -2.33. The molecule has 2 rings (SSSR count). The zero-order valence-corrected chi connectivity index (χ0v) is 14.4. The number of nitrogens with one attached hydrogen (secondary N) is 1. The average Bonchev–Trinajstić information content (AvgIpc) is 2.41. The molecule has 0 radical (unpaired) electrons. The van der Waals surface area contributed by atoms with E-state index >= 15 is 0 Å². The Morgan fingerprint density at radius 2 is 2.10 bits per heavy atom. The third-order valence-electron chi connectivity index (χ3n) is 3.71. The molecule has 1 aliphatic heterocycles. The van der Waals surface area contributed by atoms with Crippen LogP contribution in [0.3, 0.4) is 0 Å². The van der Waals surface area contributed by atoms with E-state index in [-0.39, 0.29) is 5.60 Å². The number of aromatic nitrogens is 2. The molecule has 4 nitrogen and oxygen atoms in total. The molecule has 1 unspecified atom stereocenters. The van der Waals surface area contributed by atoms with Crippen molar-refractivity contribution in [2.24, 2.45) is 0 Å². The van der Waals surface area contributed by atoms with Crippen molar-refractivity contribution in [3.63, 3.8) is 0 Å². The molecule has 0 bridgehead atoms. The van der Waals surface area contributed by atoms with Crippen LogP contribution in [-0.2, 0) is 10.3 Å². The summed E-state index contributed by atoms with van der Waals surface area (Å²) >= 11 is 3.63. The molecule has 5 heteroatoms. The quantitative estimate of drug-likeness (QED) is 0.890. The van der Waals surface area contributed by atoms with Crippen molar-refractivity contribution >= 4 is 21.7 Å². The predicted octanol–water partition coefficient (Wildman–Crippen LogP) is 4.21. The highest BCUT2D eigenvalue weighted by Crippen LogP contribution is 2.36. The molecule has 1 atom stereocenters. The third-order valence-corrected chi connectivity index (χ3v) is 4.49. The smallest absolute Gasteiger partial charge is 0.162 e. The summed E-state index contributed by atoms with van der Waals surface area (Å²) in [5.74, 6) is 2.02. The molecule has 20 heavy (non-hydrogen) atoms. The summed E-state index contributed by atoms with van der Waals surface area (Å²) in [4.78, 5) is 9.49. The Kier molecular flexibility index (Phi) is 5.02. The van der Waals surface area contributed by atoms with E-state index in [2.05, 4.69) is 48.9 Å². The summed E-state index contributed by atoms with van der Waals surface area (Å²) in [6.45, 7) is 10.1. The maximum absolute atomic E-state index is 5.99. The molecular weight excluding hydrogens is 318 g/mol. The van der Waals surface area contributed by atoms with E-state index in [0.717, 1.165) is 47.8 Å². The van der Waals surface area contributed by atoms with Gasteiger partial charge in [-0.05, 0) is 55.0 Å². The molecule has 1 aromatic rings. The van der Waals surface area contributed by atoms with E-state index in [1.807, 2.05) is 0 Å². The van der Waals surface area contributed by atoms with Gasteiger partial charge in [-0.2, -0.15) is 0 Å². The first-order chi connectivity index (χ1) is 9.48. The minimum Gasteiger partial charge on any atom is -0.369 e. The molecule has 112 valence electrons. The standard InChI is InChI=1S/C15H24BrN3O/c1-5-17-13-11(16)12(10(2)3)18-14(19-13)15(4)8-6-7-9-20-15/h10H,5-9H2,1-4H3,(H,17,18,19). The summed E-state index contributed by atoms with van der Waals surface area (Å²) in [6.07, 6.45) is 3.28. The van der Waals surface area contributed by atoms with Gasteiger partial charge in [-0.25, -0.2) is 9.97 Å². The van der Waals surface area contributed by atoms with Crippen LogP contribution >= 0.6 is 15.9 Å². The van der Waals surface area contributed by atoms with Crippen LogP contribution in [-0.4, -0.2) is 23.1 Å². The number of hydrogen-bond acceptors (Lipinski definition) is 4. The van der Waals surface area contributed by atoms with Crippen LogP contribution in [0.5, 0.6) is 0 Å². The van der Waals surface area contributed by atoms with Gasteiger partial charge >= 0.3 is 0 Å². The number of hydrogen-bond donors (Lipinski definition) is 1. The highest BCUT2D eigenvalue weighted by Gasteiger charge is 2.34. The van der Waals surface area contributed by atoms with Gasteiger partial charge in [0.15, 0.2) is 5.82 Å². The van der Waals surface area contributed by atoms with Gasteiger partial charge in [0, 0.05) is 13.2 Å². The molecule has 1 fully saturated rings. The molecule has 0 spiro atoms. The Labute approximate surface area is 129 Å². The molecule has 1 aromatic heterocycles. The van der Waals surface area contributed by atoms with E-state index in [4.69, 9.17) is 14.7 Å². The predicted molar refractivity (Wildman–Crippen MR) is 85.1 cm³/mol. The van der Waals surface area contributed by atoms with Crippen LogP contribution in [0.25, 0.3) is 0 Å². The summed E-state index contributed by atoms with van der Waals surface area (Å²) in [6, 6.07) is 0. The summed E-state index contributed by atoms with van der Waals surface area (Å²) < 4.78 is 6.96. The second-order valence-corrected chi connectivity index (χ2v) is 6.61. The Morgan fingerprint density at radius 3 is 2.65 bits per heavy atom. The lowest BCUT2D eigenvalue weighted by Gasteiger charge is -2.33. The molecule has 0 amide bonds. The molecule has 1 saturated heterocycles. The summed E-state index contributed by atoms with van der Waals surface area (Å²) in [5, 5.41) is 3.31. The van der Waals surface area contributed by atoms with Gasteiger partial charge in [-0.15, -0.1) is 0 Å². The minimum absolute atomic E-state index is 0.343. The molecule has 0 aliphatic carbocycles. The van der Waals surface area contributed by atoms with Crippen molar-refractivity contribution < 1.29 is 4.74 Å². The number of anilines is 1. The van der Waals surface area contributed by atoms with Gasteiger partial charge in [0.1, 0.15) is 11.4 Å². The molecule has 0 aromatic carbocycles. The topological polar surface area (TPSA) is 47.0 Å². The SMILES string of the molecule is CCNc1nc(C2(C)CCCCO2)nc(C(C)C)c1Br. The van der Waals surface area contributed by atoms with Gasteiger partial charge in [0.05, 0.1) is 10.2 Å². The minimum atomic E-state index is -0.354. The number of halogens is 1. The molecule has 1 aliphatic rings. The van der Waals surface area contributed by atoms with Gasteiger partial charge in [-0.1, -0.05) is 13.8 Å². The van der Waals surface area contributed by atoms with Crippen LogP contribution in [0.4, 0.5) is 5.82 Å². The second kappa shape index (κ2) is 6.39. The highest BCUT2D eigenvalue weighted by atomic mass is 79.9. The Hall–Kier alpha value is -0.680. The Balaban J connectivity index is 2.47. The normalized spacial score (nSPS) is 23.1. The van der Waals surface area contributed by atoms with E-state index in [9.17, 15) is 0 Å². The van der Waals surface area contributed by atoms with Crippen LogP contribution in [0, 0.1) is 0 Å². The average molecular weight is 342 g/mol. The second-order valence-electron chi connectivity index (χ2n) is 5.82. The van der Waals surface area contributed by atoms with Gasteiger partial charge in [-0.3, -0.25) is 0 Å². The van der Waals surface area contributed by atoms with E-state index in [1.165, 1.54) is 6.42 Å². The van der Waals surface area contributed by atoms with Crippen molar-refractivity contribution in [3.05, 3.63) is 16.0 Å². The molecular formula is C15H24BrN3O. The fourth-order valence-corrected chi connectivity index (χ4v) is 3.25. The summed E-state index contributed by atoms with van der Waals surface area (Å²) in [7, 11) is 0. The Bertz CT molecular complexity index is 470. The first-order valence-electron chi connectivity index (χ1n) is 7.43. The monoisotopic (exact) mass is 341 g/mol. The van der Waals surface area contributed by atoms with Crippen LogP contribution in [0.2, 0.25) is 0 Å². The van der Waals surface area contributed by atoms with Crippen LogP contribution in [0.15, 0.2) is 4.47 Å². The lowest BCUT2D eigenvalue weighted by atomic mass is 9.94. The van der Waals surface area contributed by atoms with Gasteiger partial charge < -0.3 is 10.1 Å². The third kappa shape index (κ3) is 3.14. The van der Waals surface area contributed by atoms with Crippen molar-refractivity contribution in [3.8, 4) is 0 Å². The lowest BCUT2D eigenvalue weighted by molar-refractivity contribution is -0.0761. The van der Waals surface area contributed by atoms with E-state index in [0.29, 0.717) is 5.92 Å². The van der Waals surface area contributed by atoms with Gasteiger partial charge in [0.25, 0.3) is 0 Å². The van der Waals surface area contributed by atoms with Crippen molar-refractivity contribution in [2.75, 3.05) is 18.5 Å². The molecule has 2 heterocycles. The first kappa shape index (κ1) is 15.7. The van der Waals surface area contributed by atoms with E-state index < -0.39 is 0 Å². The number of ether oxygens (including phenoxy) is 1. The van der Waals surface area contributed by atoms with Crippen LogP contribution < -0.4 is 5.32 Å². The molecule has 1 N–H and O–H groups in total. The largest absolute Gasteiger partial charge is 0.369 e. The van der Waals surface area contributed by atoms with Crippen molar-refractivity contribution in [1.82, 2.24) is 9.97 Å². The first-order valence-corrected chi connectivity index (χ1v) is 8.23. The maximum atomic E-state index is 5.99. The molecule has 0 saturated carbocycles. The van der Waals surface area contributed by atoms with Crippen LogP contribution in [0.1, 0.15) is 64.4 Å². The number of rotatable bonds is 4. The highest BCUT2D eigenvalue weighted by molar-refractivity contribution is 9.10. The zero-order chi connectivity index (χ0) is 14.8. The Morgan fingerprint density at radius 1 is 1.35 bits per heavy atom. The fraction of sp³-hybridized carbons (Fsp3) is 0.733. The van der Waals surface area contributed by atoms with Crippen molar-refractivity contribution in [2.45, 2.75) is 58.5 Å². The summed E-state index contributed by atoms with van der Waals surface area (Å²) in [5.41, 5.74) is 0.689. The number of nitrogens with zero attached hydrogens (tertiary/aromatic N) is 2. The van der Waals surface area contributed by atoms with Gasteiger partial charge in [0.2, 0.25) is 0 Å². The van der Waals surface area contributed by atoms with E-state index in [1.54, 1.807) is 0 Å². The maximum Gasteiger partial charge on any atom is 0.162 e. The van der Waals surface area contributed by atoms with Crippen molar-refractivity contribution in [1.29, 1.82) is 0 Å². The fourth-order valence-electron chi connectivity index (χ4n) is 2.48. The zero-order valence-electron chi connectivity index (χ0n) is 12.8.